The van der Waals surface area contributed by atoms with E-state index in [0.717, 1.165) is 56.9 Å². The van der Waals surface area contributed by atoms with E-state index in [1.807, 2.05) is 13.0 Å². The van der Waals surface area contributed by atoms with Crippen LogP contribution in [0.5, 0.6) is 0 Å². The number of Topliss-reactive ketones (excluding diaryl/α,β-unsaturated/α-hetero) is 1. The number of hydrogen-bond acceptors (Lipinski definition) is 3. The third-order valence-corrected chi connectivity index (χ3v) is 9.15. The van der Waals surface area contributed by atoms with Crippen molar-refractivity contribution >= 4 is 11.8 Å². The van der Waals surface area contributed by atoms with Gasteiger partial charge in [0.1, 0.15) is 0 Å². The molecule has 4 nitrogen and oxygen atoms in total. The van der Waals surface area contributed by atoms with Gasteiger partial charge in [-0.1, -0.05) is 33.3 Å². The summed E-state index contributed by atoms with van der Waals surface area (Å²) in [6, 6.07) is 0. The van der Waals surface area contributed by atoms with Crippen molar-refractivity contribution in [2.24, 2.45) is 40.9 Å². The van der Waals surface area contributed by atoms with Gasteiger partial charge in [-0.05, 0) is 98.9 Å². The van der Waals surface area contributed by atoms with E-state index in [9.17, 15) is 14.7 Å². The van der Waals surface area contributed by atoms with Crippen molar-refractivity contribution < 1.29 is 19.8 Å². The van der Waals surface area contributed by atoms with Gasteiger partial charge in [-0.2, -0.15) is 0 Å². The molecule has 0 radical (unpaired) electrons. The Balaban J connectivity index is 1.87. The Morgan fingerprint density at radius 3 is 2.63 bits per heavy atom. The highest BCUT2D eigenvalue weighted by molar-refractivity contribution is 5.98. The molecule has 3 fully saturated rings. The van der Waals surface area contributed by atoms with Crippen LogP contribution in [-0.4, -0.2) is 28.1 Å². The van der Waals surface area contributed by atoms with Gasteiger partial charge >= 0.3 is 5.97 Å². The predicted octanol–water partition coefficient (Wildman–Crippen LogP) is 5.63. The van der Waals surface area contributed by atoms with Gasteiger partial charge in [-0.3, -0.25) is 9.59 Å². The Hall–Kier alpha value is -1.16. The van der Waals surface area contributed by atoms with Crippen LogP contribution in [0.1, 0.15) is 91.9 Å². The molecule has 0 aromatic carbocycles. The Bertz CT molecular complexity index is 668. The highest BCUT2D eigenvalue weighted by atomic mass is 16.4. The van der Waals surface area contributed by atoms with E-state index in [-0.39, 0.29) is 29.8 Å². The topological polar surface area (TPSA) is 74.6 Å². The molecule has 170 valence electrons. The highest BCUT2D eigenvalue weighted by Gasteiger charge is 2.56. The van der Waals surface area contributed by atoms with E-state index in [1.54, 1.807) is 0 Å². The number of aliphatic hydroxyl groups is 1. The number of carboxylic acids is 1. The number of carbonyl (C=O) groups excluding carboxylic acids is 1. The summed E-state index contributed by atoms with van der Waals surface area (Å²) < 4.78 is 0. The van der Waals surface area contributed by atoms with Crippen molar-refractivity contribution in [2.75, 3.05) is 0 Å². The SMILES string of the molecule is C/C=C1/C(=O)[C@H]2C(CCC[C@@H](O)C[C@@H]1C)CC[C@@]1(C)C2CCC1[C@H](C)CCC(=O)O. The van der Waals surface area contributed by atoms with Crippen LogP contribution >= 0.6 is 0 Å². The fourth-order valence-corrected chi connectivity index (χ4v) is 7.60. The lowest BCUT2D eigenvalue weighted by atomic mass is 9.54. The average Bonchev–Trinajstić information content (AvgIpc) is 3.03. The van der Waals surface area contributed by atoms with Crippen molar-refractivity contribution in [1.82, 2.24) is 0 Å². The van der Waals surface area contributed by atoms with Crippen LogP contribution in [0, 0.1) is 40.9 Å². The van der Waals surface area contributed by atoms with E-state index in [0.29, 0.717) is 35.9 Å². The molecule has 30 heavy (non-hydrogen) atoms. The zero-order valence-corrected chi connectivity index (χ0v) is 19.4. The van der Waals surface area contributed by atoms with Gasteiger partial charge in [0, 0.05) is 12.3 Å². The molecule has 0 heterocycles. The molecule has 0 aromatic heterocycles. The van der Waals surface area contributed by atoms with E-state index in [1.165, 1.54) is 0 Å². The van der Waals surface area contributed by atoms with Gasteiger partial charge in [0.2, 0.25) is 0 Å². The van der Waals surface area contributed by atoms with E-state index < -0.39 is 5.97 Å². The molecule has 0 aliphatic heterocycles. The maximum atomic E-state index is 13.9. The maximum Gasteiger partial charge on any atom is 0.303 e. The van der Waals surface area contributed by atoms with E-state index >= 15 is 0 Å². The Labute approximate surface area is 182 Å². The van der Waals surface area contributed by atoms with Crippen LogP contribution in [0.3, 0.4) is 0 Å². The zero-order chi connectivity index (χ0) is 22.1. The number of carboxylic acid groups (broad SMARTS) is 1. The molecule has 3 aliphatic carbocycles. The lowest BCUT2D eigenvalue weighted by Gasteiger charge is -2.50. The first-order valence-corrected chi connectivity index (χ1v) is 12.3. The van der Waals surface area contributed by atoms with E-state index in [2.05, 4.69) is 20.8 Å². The Kier molecular flexibility index (Phi) is 7.48. The fourth-order valence-electron chi connectivity index (χ4n) is 7.60. The fraction of sp³-hybridized carbons (Fsp3) is 0.846. The van der Waals surface area contributed by atoms with Crippen molar-refractivity contribution in [3.63, 3.8) is 0 Å². The second-order valence-corrected chi connectivity index (χ2v) is 10.9. The summed E-state index contributed by atoms with van der Waals surface area (Å²) in [6.45, 7) is 8.70. The van der Waals surface area contributed by atoms with Gasteiger partial charge in [-0.15, -0.1) is 0 Å². The van der Waals surface area contributed by atoms with Gasteiger partial charge in [0.15, 0.2) is 5.78 Å². The standard InChI is InChI=1S/C26H42O4/c1-5-20-17(3)15-19(27)8-6-7-18-13-14-26(4)21(16(2)9-12-23(28)29)10-11-22(26)24(18)25(20)30/h5,16-19,21-22,24,27H,6-15H2,1-4H3,(H,28,29)/b20-5+/t16-,17+,18?,19-,21?,22?,24+,26-/m1/s1. The van der Waals surface area contributed by atoms with Crippen molar-refractivity contribution in [3.05, 3.63) is 11.6 Å². The molecule has 0 saturated heterocycles. The molecule has 0 spiro atoms. The third-order valence-electron chi connectivity index (χ3n) is 9.15. The van der Waals surface area contributed by atoms with Crippen LogP contribution < -0.4 is 0 Å². The average molecular weight is 419 g/mol. The van der Waals surface area contributed by atoms with Gasteiger partial charge in [0.05, 0.1) is 6.10 Å². The second-order valence-electron chi connectivity index (χ2n) is 10.9. The maximum absolute atomic E-state index is 13.9. The van der Waals surface area contributed by atoms with Crippen molar-refractivity contribution in [3.8, 4) is 0 Å². The van der Waals surface area contributed by atoms with Crippen LogP contribution in [0.25, 0.3) is 0 Å². The summed E-state index contributed by atoms with van der Waals surface area (Å²) in [7, 11) is 0. The minimum Gasteiger partial charge on any atom is -0.481 e. The summed E-state index contributed by atoms with van der Waals surface area (Å²) in [4.78, 5) is 25.0. The number of aliphatic hydroxyl groups excluding tert-OH is 1. The largest absolute Gasteiger partial charge is 0.481 e. The normalized spacial score (nSPS) is 42.4. The van der Waals surface area contributed by atoms with Crippen molar-refractivity contribution in [1.29, 1.82) is 0 Å². The summed E-state index contributed by atoms with van der Waals surface area (Å²) >= 11 is 0. The number of ketones is 1. The molecule has 2 N–H and O–H groups in total. The molecule has 8 atom stereocenters. The lowest BCUT2D eigenvalue weighted by molar-refractivity contribution is -0.137. The second kappa shape index (κ2) is 9.54. The van der Waals surface area contributed by atoms with Crippen LogP contribution in [0.2, 0.25) is 0 Å². The van der Waals surface area contributed by atoms with E-state index in [4.69, 9.17) is 5.11 Å². The molecule has 0 amide bonds. The monoisotopic (exact) mass is 418 g/mol. The molecular weight excluding hydrogens is 376 g/mol. The number of aliphatic carboxylic acids is 1. The van der Waals surface area contributed by atoms with Crippen LogP contribution in [0.4, 0.5) is 0 Å². The molecule has 0 bridgehead atoms. The quantitative estimate of drug-likeness (QED) is 0.580. The molecule has 3 aliphatic rings. The smallest absolute Gasteiger partial charge is 0.303 e. The van der Waals surface area contributed by atoms with Crippen LogP contribution in [0.15, 0.2) is 11.6 Å². The molecule has 3 rings (SSSR count). The summed E-state index contributed by atoms with van der Waals surface area (Å²) in [6.07, 6.45) is 10.7. The molecule has 0 aromatic rings. The van der Waals surface area contributed by atoms with Gasteiger partial charge in [-0.25, -0.2) is 0 Å². The molecule has 4 heteroatoms. The lowest BCUT2D eigenvalue weighted by Crippen LogP contribution is -2.46. The minimum absolute atomic E-state index is 0.101. The number of fused-ring (bicyclic) bond motifs is 3. The Morgan fingerprint density at radius 1 is 1.23 bits per heavy atom. The summed E-state index contributed by atoms with van der Waals surface area (Å²) in [5, 5.41) is 19.5. The first-order chi connectivity index (χ1) is 14.2. The molecule has 3 unspecified atom stereocenters. The summed E-state index contributed by atoms with van der Waals surface area (Å²) in [5.74, 6) is 1.58. The minimum atomic E-state index is -0.707. The predicted molar refractivity (Wildman–Crippen MR) is 119 cm³/mol. The van der Waals surface area contributed by atoms with Crippen molar-refractivity contribution in [2.45, 2.75) is 98.0 Å². The number of carbonyl (C=O) groups is 2. The molecule has 3 saturated carbocycles. The van der Waals surface area contributed by atoms with Gasteiger partial charge < -0.3 is 10.2 Å². The zero-order valence-electron chi connectivity index (χ0n) is 19.4. The van der Waals surface area contributed by atoms with Gasteiger partial charge in [0.25, 0.3) is 0 Å². The number of rotatable bonds is 4. The van der Waals surface area contributed by atoms with Crippen LogP contribution in [-0.2, 0) is 9.59 Å². The first-order valence-electron chi connectivity index (χ1n) is 12.3. The third kappa shape index (κ3) is 4.54. The summed E-state index contributed by atoms with van der Waals surface area (Å²) in [5.41, 5.74) is 1.07. The Morgan fingerprint density at radius 2 is 1.97 bits per heavy atom. The number of allylic oxidation sites excluding steroid dienone is 2. The molecular formula is C26H42O4. The first kappa shape index (κ1) is 23.5. The number of hydrogen-bond donors (Lipinski definition) is 2. The highest BCUT2D eigenvalue weighted by Crippen LogP contribution is 2.62.